The van der Waals surface area contributed by atoms with Gasteiger partial charge in [-0.05, 0) is 39.7 Å². The average Bonchev–Trinajstić information content (AvgIpc) is 0.825. The normalized spacial score (nSPS) is 28.4. The van der Waals surface area contributed by atoms with Gasteiger partial charge < -0.3 is 43.7 Å². The summed E-state index contributed by atoms with van der Waals surface area (Å²) in [5.74, 6) is 24.0. The van der Waals surface area contributed by atoms with Crippen molar-refractivity contribution >= 4 is 21.3 Å². The van der Waals surface area contributed by atoms with E-state index in [9.17, 15) is 15.3 Å². The zero-order chi connectivity index (χ0) is 76.8. The van der Waals surface area contributed by atoms with Gasteiger partial charge in [-0.3, -0.25) is 0 Å². The van der Waals surface area contributed by atoms with Crippen molar-refractivity contribution in [3.05, 3.63) is 215 Å². The van der Waals surface area contributed by atoms with Crippen molar-refractivity contribution in [2.24, 2.45) is 11.8 Å². The quantitative estimate of drug-likeness (QED) is 0.0146. The maximum absolute atomic E-state index is 12.4. The molecule has 0 unspecified atom stereocenters. The van der Waals surface area contributed by atoms with Crippen molar-refractivity contribution in [1.29, 1.82) is 0 Å². The number of aliphatic hydroxyl groups excluding tert-OH is 3. The Morgan fingerprint density at radius 2 is 0.752 bits per heavy atom. The first-order valence-electron chi connectivity index (χ1n) is 37.1. The van der Waals surface area contributed by atoms with Crippen LogP contribution in [-0.2, 0) is 125 Å². The van der Waals surface area contributed by atoms with E-state index in [0.29, 0.717) is 0 Å². The van der Waals surface area contributed by atoms with Crippen LogP contribution in [0.15, 0.2) is 182 Å². The third kappa shape index (κ3) is 26.3. The SMILES string of the molecule is COCOC[C@H]1O[C@@H](O[C@H]2[C@H](OCc3ccccc3)[C@@H](OCc3ccccc3)[C@H](C#CC#C[C@H]3[C@H](O)[C@@H](O)[C@H](O[C@H]4[C@H](OCc5ccccc5)[C@@H](OCc5ccccc5)[C@H](C#C[Si](C)(C)C)O[C@@H]4COCc4ccccc4)O[C@@H]3CO)O[C@@H]2COCc2ccccc2)[C@H](OCOC)[C@@H](OCOC)[C@@H]1C#[C][Ge]([CH3])([CH3])[CH3]. The molecule has 6 aromatic carbocycles. The summed E-state index contributed by atoms with van der Waals surface area (Å²) in [5.41, 5.74) is 8.85. The molecule has 109 heavy (non-hydrogen) atoms. The van der Waals surface area contributed by atoms with E-state index in [1.165, 1.54) is 7.11 Å². The summed E-state index contributed by atoms with van der Waals surface area (Å²) in [7, 11) is 2.60. The zero-order valence-electron chi connectivity index (χ0n) is 63.8. The van der Waals surface area contributed by atoms with Crippen LogP contribution in [0.3, 0.4) is 0 Å². The minimum atomic E-state index is -2.55. The van der Waals surface area contributed by atoms with E-state index in [0.717, 1.165) is 33.4 Å². The first-order valence-corrected chi connectivity index (χ1v) is 47.9. The van der Waals surface area contributed by atoms with E-state index < -0.39 is 150 Å². The molecule has 4 fully saturated rings. The first kappa shape index (κ1) is 84.9. The van der Waals surface area contributed by atoms with Gasteiger partial charge in [0.2, 0.25) is 0 Å². The van der Waals surface area contributed by atoms with Gasteiger partial charge in [0.1, 0.15) is 56.9 Å². The van der Waals surface area contributed by atoms with Crippen LogP contribution < -0.4 is 0 Å². The molecule has 23 heteroatoms. The van der Waals surface area contributed by atoms with Crippen molar-refractivity contribution in [2.75, 3.05) is 68.1 Å². The molecule has 0 spiro atoms. The molecule has 21 nitrogen and oxygen atoms in total. The number of rotatable bonds is 35. The molecule has 4 saturated heterocycles. The third-order valence-electron chi connectivity index (χ3n) is 18.3. The second kappa shape index (κ2) is 44.1. The van der Waals surface area contributed by atoms with Gasteiger partial charge in [-0.2, -0.15) is 0 Å². The standard InChI is InChI=1S/C86H106GeO21Si/c1-87(2,3)46-44-68-72(55-96-58-91-4)106-86(84(102-60-93-6)77(68)101-59-92-5)108-81-74(57-95-50-62-32-18-11-19-33-62)103-69(78(97-51-63-34-20-12-21-35-63)82(81)99-53-65-38-24-14-25-39-65)43-29-28-42-67-71(48-88)105-85(76(90)75(67)89)107-80-73(56-94-49-61-30-16-10-17-31-61)104-70(45-47-109(7,8)9)79(98-52-64-36-22-13-23-37-64)83(80)100-54-66-40-26-15-27-41-66/h10-27,30-41,67-86,88-90H,48-60H2,1-9H3/t67-,68-,69+,70+,71-,72-,73-,74-,75+,76-,77+,78+,79+,80-,81-,82-,83-,84-,85+,86+/m1/s1. The molecule has 20 atom stereocenters. The van der Waals surface area contributed by atoms with Crippen LogP contribution in [-0.4, -0.2) is 215 Å². The number of benzene rings is 6. The van der Waals surface area contributed by atoms with Gasteiger partial charge in [0.25, 0.3) is 0 Å². The molecule has 0 saturated carbocycles. The summed E-state index contributed by atoms with van der Waals surface area (Å²) in [4.78, 5) is 0. The molecule has 10 rings (SSSR count). The summed E-state index contributed by atoms with van der Waals surface area (Å²) in [6, 6.07) is 58.4. The zero-order valence-corrected chi connectivity index (χ0v) is 66.8. The van der Waals surface area contributed by atoms with Crippen LogP contribution in [0, 0.1) is 57.7 Å². The Kier molecular flexibility index (Phi) is 34.3. The van der Waals surface area contributed by atoms with Crippen molar-refractivity contribution < 1.29 is 101 Å². The van der Waals surface area contributed by atoms with Gasteiger partial charge in [-0.1, -0.05) is 213 Å². The Labute approximate surface area is 646 Å². The average molecular weight is 1580 g/mol. The number of hydrogen-bond acceptors (Lipinski definition) is 21. The Hall–Kier alpha value is -6.52. The van der Waals surface area contributed by atoms with Crippen LogP contribution in [0.1, 0.15) is 33.4 Å². The summed E-state index contributed by atoms with van der Waals surface area (Å²) in [6.45, 7) is 6.43. The second-order valence-electron chi connectivity index (χ2n) is 29.2. The van der Waals surface area contributed by atoms with E-state index in [2.05, 4.69) is 82.7 Å². The molecule has 0 amide bonds. The van der Waals surface area contributed by atoms with Gasteiger partial charge in [0.15, 0.2) is 6.29 Å². The Morgan fingerprint density at radius 1 is 0.367 bits per heavy atom. The Morgan fingerprint density at radius 3 is 1.17 bits per heavy atom. The van der Waals surface area contributed by atoms with Crippen LogP contribution >= 0.6 is 0 Å². The summed E-state index contributed by atoms with van der Waals surface area (Å²) >= 11 is -2.55. The number of aliphatic hydroxyl groups is 3. The molecule has 3 N–H and O–H groups in total. The fourth-order valence-electron chi connectivity index (χ4n) is 13.0. The van der Waals surface area contributed by atoms with Crippen LogP contribution in [0.2, 0.25) is 36.9 Å². The van der Waals surface area contributed by atoms with Crippen molar-refractivity contribution in [3.8, 4) is 45.8 Å². The molecule has 6 aromatic rings. The topological polar surface area (TPSA) is 227 Å². The van der Waals surface area contributed by atoms with Gasteiger partial charge >= 0.3 is 245 Å². The van der Waals surface area contributed by atoms with Crippen LogP contribution in [0.25, 0.3) is 0 Å². The molecule has 4 heterocycles. The Balaban J connectivity index is 0.996. The molecular formula is C86H106GeO21Si. The van der Waals surface area contributed by atoms with Gasteiger partial charge in [0, 0.05) is 0 Å². The predicted octanol–water partition coefficient (Wildman–Crippen LogP) is 9.83. The van der Waals surface area contributed by atoms with Gasteiger partial charge in [0.05, 0.1) is 39.0 Å². The maximum atomic E-state index is 12.4. The van der Waals surface area contributed by atoms with Gasteiger partial charge in [-0.15, -0.1) is 5.54 Å². The van der Waals surface area contributed by atoms with E-state index in [-0.39, 0.29) is 79.8 Å². The molecule has 4 aliphatic heterocycles. The monoisotopic (exact) mass is 1580 g/mol. The summed E-state index contributed by atoms with van der Waals surface area (Å²) < 4.78 is 122. The number of methoxy groups -OCH3 is 3. The molecule has 0 bridgehead atoms. The molecular weight excluding hydrogens is 1470 g/mol. The van der Waals surface area contributed by atoms with Crippen molar-refractivity contribution in [3.63, 3.8) is 0 Å². The van der Waals surface area contributed by atoms with Gasteiger partial charge in [-0.25, -0.2) is 0 Å². The first-order chi connectivity index (χ1) is 53.0. The predicted molar refractivity (Wildman–Crippen MR) is 412 cm³/mol. The summed E-state index contributed by atoms with van der Waals surface area (Å²) in [6.07, 6.45) is -19.8. The molecule has 584 valence electrons. The fraction of sp³-hybridized carbons (Fsp3) is 0.488. The van der Waals surface area contributed by atoms with E-state index in [1.54, 1.807) is 14.2 Å². The second-order valence-corrected chi connectivity index (χ2v) is 43.9. The Bertz CT molecular complexity index is 3850. The molecule has 0 radical (unpaired) electrons. The molecule has 0 aromatic heterocycles. The van der Waals surface area contributed by atoms with E-state index in [1.807, 2.05) is 182 Å². The summed E-state index contributed by atoms with van der Waals surface area (Å²) in [5, 5.41) is 36.0. The third-order valence-corrected chi connectivity index (χ3v) is 21.0. The van der Waals surface area contributed by atoms with Crippen molar-refractivity contribution in [1.82, 2.24) is 0 Å². The molecule has 0 aliphatic carbocycles. The number of ether oxygens (including phenoxy) is 18. The minimum absolute atomic E-state index is 0.00711. The number of hydrogen-bond donors (Lipinski definition) is 3. The van der Waals surface area contributed by atoms with E-state index >= 15 is 0 Å². The van der Waals surface area contributed by atoms with Crippen molar-refractivity contribution in [2.45, 2.75) is 187 Å². The fourth-order valence-corrected chi connectivity index (χ4v) is 14.8. The van der Waals surface area contributed by atoms with Crippen LogP contribution in [0.4, 0.5) is 0 Å². The van der Waals surface area contributed by atoms with E-state index in [4.69, 9.17) is 85.3 Å². The molecule has 4 aliphatic rings. The van der Waals surface area contributed by atoms with Crippen LogP contribution in [0.5, 0.6) is 0 Å².